The van der Waals surface area contributed by atoms with Crippen LogP contribution in [0.25, 0.3) is 11.1 Å². The summed E-state index contributed by atoms with van der Waals surface area (Å²) >= 11 is 0. The van der Waals surface area contributed by atoms with Crippen molar-refractivity contribution in [2.75, 3.05) is 46.4 Å². The molecule has 0 bridgehead atoms. The lowest BCUT2D eigenvalue weighted by Crippen LogP contribution is -2.49. The number of ether oxygens (including phenoxy) is 1. The van der Waals surface area contributed by atoms with Crippen molar-refractivity contribution in [3.63, 3.8) is 0 Å². The number of benzene rings is 2. The van der Waals surface area contributed by atoms with Crippen LogP contribution in [0.5, 0.6) is 5.75 Å². The molecular formula is C22H29N3O. The Kier molecular flexibility index (Phi) is 5.54. The molecule has 0 aromatic heterocycles. The van der Waals surface area contributed by atoms with E-state index in [0.29, 0.717) is 0 Å². The Bertz CT molecular complexity index is 710. The SMILES string of the molecule is COc1ccccc1-c1ccc(CN2CCC(N3CCNCC3)C2)cc1. The number of rotatable bonds is 5. The van der Waals surface area contributed by atoms with Gasteiger partial charge in [0.25, 0.3) is 0 Å². The fourth-order valence-electron chi connectivity index (χ4n) is 4.23. The molecule has 138 valence electrons. The van der Waals surface area contributed by atoms with Crippen molar-refractivity contribution in [3.05, 3.63) is 54.1 Å². The first-order valence-corrected chi connectivity index (χ1v) is 9.73. The van der Waals surface area contributed by atoms with Crippen LogP contribution in [0.3, 0.4) is 0 Å². The number of methoxy groups -OCH3 is 1. The van der Waals surface area contributed by atoms with E-state index in [2.05, 4.69) is 51.5 Å². The summed E-state index contributed by atoms with van der Waals surface area (Å²) in [6.45, 7) is 8.14. The Morgan fingerprint density at radius 2 is 1.77 bits per heavy atom. The van der Waals surface area contributed by atoms with Crippen LogP contribution in [-0.2, 0) is 6.54 Å². The maximum atomic E-state index is 5.49. The van der Waals surface area contributed by atoms with Gasteiger partial charge in [0.15, 0.2) is 0 Å². The maximum absolute atomic E-state index is 5.49. The highest BCUT2D eigenvalue weighted by Gasteiger charge is 2.28. The second-order valence-corrected chi connectivity index (χ2v) is 7.36. The first-order valence-electron chi connectivity index (χ1n) is 9.73. The van der Waals surface area contributed by atoms with Crippen LogP contribution >= 0.6 is 0 Å². The molecule has 1 atom stereocenters. The van der Waals surface area contributed by atoms with Gasteiger partial charge in [0.05, 0.1) is 7.11 Å². The number of likely N-dealkylation sites (tertiary alicyclic amines) is 1. The van der Waals surface area contributed by atoms with E-state index in [9.17, 15) is 0 Å². The minimum absolute atomic E-state index is 0.741. The first kappa shape index (κ1) is 17.5. The Labute approximate surface area is 156 Å². The van der Waals surface area contributed by atoms with Gasteiger partial charge >= 0.3 is 0 Å². The van der Waals surface area contributed by atoms with Gasteiger partial charge in [0.1, 0.15) is 5.75 Å². The van der Waals surface area contributed by atoms with E-state index in [1.807, 2.05) is 12.1 Å². The van der Waals surface area contributed by atoms with E-state index in [1.54, 1.807) is 7.11 Å². The topological polar surface area (TPSA) is 27.7 Å². The zero-order valence-corrected chi connectivity index (χ0v) is 15.7. The van der Waals surface area contributed by atoms with Crippen LogP contribution in [0.1, 0.15) is 12.0 Å². The molecule has 1 N–H and O–H groups in total. The fourth-order valence-corrected chi connectivity index (χ4v) is 4.23. The monoisotopic (exact) mass is 351 g/mol. The smallest absolute Gasteiger partial charge is 0.126 e. The predicted molar refractivity (Wildman–Crippen MR) is 107 cm³/mol. The van der Waals surface area contributed by atoms with Crippen molar-refractivity contribution in [1.29, 1.82) is 0 Å². The molecule has 2 aliphatic heterocycles. The van der Waals surface area contributed by atoms with Crippen molar-refractivity contribution >= 4 is 0 Å². The summed E-state index contributed by atoms with van der Waals surface area (Å²) in [7, 11) is 1.73. The molecule has 26 heavy (non-hydrogen) atoms. The highest BCUT2D eigenvalue weighted by molar-refractivity contribution is 5.70. The minimum Gasteiger partial charge on any atom is -0.496 e. The molecule has 1 unspecified atom stereocenters. The van der Waals surface area contributed by atoms with Gasteiger partial charge in [-0.1, -0.05) is 42.5 Å². The average Bonchev–Trinajstić information content (AvgIpc) is 3.18. The Morgan fingerprint density at radius 1 is 1.00 bits per heavy atom. The third kappa shape index (κ3) is 3.93. The summed E-state index contributed by atoms with van der Waals surface area (Å²) in [5, 5.41) is 3.45. The van der Waals surface area contributed by atoms with Gasteiger partial charge in [-0.3, -0.25) is 9.80 Å². The van der Waals surface area contributed by atoms with Gasteiger partial charge in [-0.2, -0.15) is 0 Å². The third-order valence-corrected chi connectivity index (χ3v) is 5.69. The molecule has 0 aliphatic carbocycles. The van der Waals surface area contributed by atoms with Crippen molar-refractivity contribution in [2.45, 2.75) is 19.0 Å². The molecular weight excluding hydrogens is 322 g/mol. The number of nitrogens with zero attached hydrogens (tertiary/aromatic N) is 2. The molecule has 2 fully saturated rings. The number of para-hydroxylation sites is 1. The van der Waals surface area contributed by atoms with E-state index in [4.69, 9.17) is 4.74 Å². The predicted octanol–water partition coefficient (Wildman–Crippen LogP) is 2.84. The highest BCUT2D eigenvalue weighted by atomic mass is 16.5. The van der Waals surface area contributed by atoms with E-state index in [-0.39, 0.29) is 0 Å². The molecule has 0 amide bonds. The van der Waals surface area contributed by atoms with Crippen LogP contribution < -0.4 is 10.1 Å². The van der Waals surface area contributed by atoms with Crippen molar-refractivity contribution in [3.8, 4) is 16.9 Å². The summed E-state index contributed by atoms with van der Waals surface area (Å²) in [6, 6.07) is 17.9. The molecule has 4 heteroatoms. The molecule has 0 saturated carbocycles. The molecule has 2 aromatic carbocycles. The molecule has 2 heterocycles. The molecule has 0 spiro atoms. The fraction of sp³-hybridized carbons (Fsp3) is 0.455. The number of hydrogen-bond acceptors (Lipinski definition) is 4. The minimum atomic E-state index is 0.741. The van der Waals surface area contributed by atoms with Crippen LogP contribution in [0.4, 0.5) is 0 Å². The van der Waals surface area contributed by atoms with Crippen molar-refractivity contribution in [1.82, 2.24) is 15.1 Å². The normalized spacial score (nSPS) is 21.8. The summed E-state index contributed by atoms with van der Waals surface area (Å²) in [4.78, 5) is 5.27. The Hall–Kier alpha value is -1.88. The molecule has 2 aliphatic rings. The summed E-state index contributed by atoms with van der Waals surface area (Å²) < 4.78 is 5.49. The summed E-state index contributed by atoms with van der Waals surface area (Å²) in [6.07, 6.45) is 1.30. The van der Waals surface area contributed by atoms with Crippen molar-refractivity contribution < 1.29 is 4.74 Å². The quantitative estimate of drug-likeness (QED) is 0.896. The van der Waals surface area contributed by atoms with Gasteiger partial charge in [-0.05, 0) is 23.6 Å². The largest absolute Gasteiger partial charge is 0.496 e. The van der Waals surface area contributed by atoms with E-state index >= 15 is 0 Å². The lowest BCUT2D eigenvalue weighted by molar-refractivity contribution is 0.170. The summed E-state index contributed by atoms with van der Waals surface area (Å²) in [5.41, 5.74) is 3.76. The van der Waals surface area contributed by atoms with Crippen LogP contribution in [0.15, 0.2) is 48.5 Å². The van der Waals surface area contributed by atoms with Crippen LogP contribution in [-0.4, -0.2) is 62.2 Å². The molecule has 4 nitrogen and oxygen atoms in total. The Morgan fingerprint density at radius 3 is 2.54 bits per heavy atom. The van der Waals surface area contributed by atoms with Gasteiger partial charge in [0, 0.05) is 57.4 Å². The highest BCUT2D eigenvalue weighted by Crippen LogP contribution is 2.30. The van der Waals surface area contributed by atoms with Crippen LogP contribution in [0, 0.1) is 0 Å². The molecule has 2 saturated heterocycles. The van der Waals surface area contributed by atoms with Crippen molar-refractivity contribution in [2.24, 2.45) is 0 Å². The lowest BCUT2D eigenvalue weighted by atomic mass is 10.0. The van der Waals surface area contributed by atoms with Crippen LogP contribution in [0.2, 0.25) is 0 Å². The summed E-state index contributed by atoms with van der Waals surface area (Å²) in [5.74, 6) is 0.929. The zero-order valence-electron chi connectivity index (χ0n) is 15.7. The number of hydrogen-bond donors (Lipinski definition) is 1. The third-order valence-electron chi connectivity index (χ3n) is 5.69. The molecule has 4 rings (SSSR count). The zero-order chi connectivity index (χ0) is 17.8. The standard InChI is InChI=1S/C22H29N3O/c1-26-22-5-3-2-4-21(22)19-8-6-18(7-9-19)16-24-13-10-20(17-24)25-14-11-23-12-15-25/h2-9,20,23H,10-17H2,1H3. The number of piperazine rings is 1. The first-order chi connectivity index (χ1) is 12.8. The Balaban J connectivity index is 1.37. The molecule has 2 aromatic rings. The van der Waals surface area contributed by atoms with Gasteiger partial charge in [-0.25, -0.2) is 0 Å². The number of nitrogens with one attached hydrogen (secondary N) is 1. The van der Waals surface area contributed by atoms with Gasteiger partial charge in [0.2, 0.25) is 0 Å². The second-order valence-electron chi connectivity index (χ2n) is 7.36. The van der Waals surface area contributed by atoms with Gasteiger partial charge < -0.3 is 10.1 Å². The molecule has 0 radical (unpaired) electrons. The maximum Gasteiger partial charge on any atom is 0.126 e. The second kappa shape index (κ2) is 8.21. The van der Waals surface area contributed by atoms with Gasteiger partial charge in [-0.15, -0.1) is 0 Å². The van der Waals surface area contributed by atoms with E-state index in [1.165, 1.54) is 43.7 Å². The lowest BCUT2D eigenvalue weighted by Gasteiger charge is -2.32. The average molecular weight is 351 g/mol. The van der Waals surface area contributed by atoms with E-state index < -0.39 is 0 Å². The van der Waals surface area contributed by atoms with E-state index in [0.717, 1.165) is 37.0 Å².